The van der Waals surface area contributed by atoms with Crippen LogP contribution in [0.4, 0.5) is 0 Å². The van der Waals surface area contributed by atoms with E-state index >= 15 is 0 Å². The number of halogens is 1. The standard InChI is InChI=1S/C14H17ClN2O2S/c1-11(2)17(10-8-15)20(18,19)14-7-3-6-13-12(14)5-4-9-16-13/h3-7,9,11H,8,10H2,1-2H3. The zero-order chi connectivity index (χ0) is 14.8. The molecule has 2 aromatic rings. The predicted octanol–water partition coefficient (Wildman–Crippen LogP) is 2.87. The van der Waals surface area contributed by atoms with Crippen LogP contribution in [0.3, 0.4) is 0 Å². The Hall–Kier alpha value is -1.17. The van der Waals surface area contributed by atoms with Crippen LogP contribution in [0.2, 0.25) is 0 Å². The first-order chi connectivity index (χ1) is 9.48. The molecule has 1 aromatic carbocycles. The van der Waals surface area contributed by atoms with E-state index in [2.05, 4.69) is 4.98 Å². The van der Waals surface area contributed by atoms with E-state index in [9.17, 15) is 8.42 Å². The molecule has 0 saturated heterocycles. The predicted molar refractivity (Wildman–Crippen MR) is 81.5 cm³/mol. The molecule has 108 valence electrons. The van der Waals surface area contributed by atoms with E-state index in [4.69, 9.17) is 11.6 Å². The zero-order valence-corrected chi connectivity index (χ0v) is 13.0. The van der Waals surface area contributed by atoms with Crippen LogP contribution in [0.5, 0.6) is 0 Å². The Kier molecular flexibility index (Phi) is 4.62. The van der Waals surface area contributed by atoms with Gasteiger partial charge >= 0.3 is 0 Å². The van der Waals surface area contributed by atoms with Crippen molar-refractivity contribution in [2.75, 3.05) is 12.4 Å². The Morgan fingerprint density at radius 3 is 2.65 bits per heavy atom. The Labute approximate surface area is 124 Å². The van der Waals surface area contributed by atoms with E-state index in [0.29, 0.717) is 10.9 Å². The molecule has 0 bridgehead atoms. The van der Waals surface area contributed by atoms with Gasteiger partial charge in [0.05, 0.1) is 10.4 Å². The lowest BCUT2D eigenvalue weighted by atomic mass is 10.2. The topological polar surface area (TPSA) is 50.3 Å². The Morgan fingerprint density at radius 1 is 1.25 bits per heavy atom. The number of pyridine rings is 1. The van der Waals surface area contributed by atoms with Crippen LogP contribution >= 0.6 is 11.6 Å². The molecule has 20 heavy (non-hydrogen) atoms. The van der Waals surface area contributed by atoms with Gasteiger partial charge in [-0.25, -0.2) is 8.42 Å². The van der Waals surface area contributed by atoms with Crippen molar-refractivity contribution in [3.63, 3.8) is 0 Å². The molecule has 0 N–H and O–H groups in total. The third-order valence-electron chi connectivity index (χ3n) is 3.07. The van der Waals surface area contributed by atoms with Crippen LogP contribution in [0, 0.1) is 0 Å². The summed E-state index contributed by atoms with van der Waals surface area (Å²) >= 11 is 5.73. The number of sulfonamides is 1. The molecule has 0 spiro atoms. The van der Waals surface area contributed by atoms with E-state index in [1.165, 1.54) is 4.31 Å². The maximum atomic E-state index is 12.8. The van der Waals surface area contributed by atoms with Crippen molar-refractivity contribution in [1.82, 2.24) is 9.29 Å². The number of hydrogen-bond donors (Lipinski definition) is 0. The highest BCUT2D eigenvalue weighted by Crippen LogP contribution is 2.25. The molecule has 4 nitrogen and oxygen atoms in total. The van der Waals surface area contributed by atoms with E-state index < -0.39 is 10.0 Å². The van der Waals surface area contributed by atoms with Crippen molar-refractivity contribution in [2.45, 2.75) is 24.8 Å². The maximum absolute atomic E-state index is 12.8. The number of aromatic nitrogens is 1. The van der Waals surface area contributed by atoms with Crippen LogP contribution in [0.15, 0.2) is 41.4 Å². The first-order valence-corrected chi connectivity index (χ1v) is 8.37. The third kappa shape index (κ3) is 2.80. The lowest BCUT2D eigenvalue weighted by Gasteiger charge is -2.25. The Balaban J connectivity index is 2.62. The fourth-order valence-electron chi connectivity index (χ4n) is 2.17. The lowest BCUT2D eigenvalue weighted by Crippen LogP contribution is -2.38. The molecular weight excluding hydrogens is 296 g/mol. The summed E-state index contributed by atoms with van der Waals surface area (Å²) in [5.41, 5.74) is 0.670. The van der Waals surface area contributed by atoms with Gasteiger partial charge in [0.15, 0.2) is 0 Å². The highest BCUT2D eigenvalue weighted by Gasteiger charge is 2.27. The second-order valence-corrected chi connectivity index (χ2v) is 6.96. The summed E-state index contributed by atoms with van der Waals surface area (Å²) in [7, 11) is -3.58. The molecule has 1 aromatic heterocycles. The van der Waals surface area contributed by atoms with E-state index in [1.807, 2.05) is 13.8 Å². The lowest BCUT2D eigenvalue weighted by molar-refractivity contribution is 0.371. The second-order valence-electron chi connectivity index (χ2n) is 4.72. The van der Waals surface area contributed by atoms with Gasteiger partial charge in [0.2, 0.25) is 10.0 Å². The van der Waals surface area contributed by atoms with Crippen LogP contribution in [0.1, 0.15) is 13.8 Å². The third-order valence-corrected chi connectivity index (χ3v) is 5.38. The largest absolute Gasteiger partial charge is 0.256 e. The minimum Gasteiger partial charge on any atom is -0.256 e. The molecule has 0 unspecified atom stereocenters. The number of benzene rings is 1. The van der Waals surface area contributed by atoms with Crippen molar-refractivity contribution >= 4 is 32.5 Å². The normalized spacial score (nSPS) is 12.4. The van der Waals surface area contributed by atoms with Crippen LogP contribution in [0.25, 0.3) is 10.9 Å². The zero-order valence-electron chi connectivity index (χ0n) is 11.5. The van der Waals surface area contributed by atoms with Crippen molar-refractivity contribution in [3.8, 4) is 0 Å². The van der Waals surface area contributed by atoms with Gasteiger partial charge in [0, 0.05) is 30.0 Å². The fraction of sp³-hybridized carbons (Fsp3) is 0.357. The van der Waals surface area contributed by atoms with Gasteiger partial charge < -0.3 is 0 Å². The van der Waals surface area contributed by atoms with Crippen LogP contribution < -0.4 is 0 Å². The first-order valence-electron chi connectivity index (χ1n) is 6.40. The molecule has 0 amide bonds. The van der Waals surface area contributed by atoms with E-state index in [1.54, 1.807) is 36.5 Å². The second kappa shape index (κ2) is 6.08. The summed E-state index contributed by atoms with van der Waals surface area (Å²) in [4.78, 5) is 4.48. The molecule has 0 atom stereocenters. The maximum Gasteiger partial charge on any atom is 0.244 e. The minimum atomic E-state index is -3.58. The van der Waals surface area contributed by atoms with Crippen molar-refractivity contribution < 1.29 is 8.42 Å². The molecule has 1 heterocycles. The Morgan fingerprint density at radius 2 is 2.00 bits per heavy atom. The molecule has 0 aliphatic heterocycles. The van der Waals surface area contributed by atoms with Crippen LogP contribution in [-0.2, 0) is 10.0 Å². The summed E-state index contributed by atoms with van der Waals surface area (Å²) in [6, 6.07) is 8.49. The SMILES string of the molecule is CC(C)N(CCCl)S(=O)(=O)c1cccc2ncccc12. The molecule has 0 aliphatic rings. The van der Waals surface area contributed by atoms with Gasteiger partial charge in [-0.3, -0.25) is 4.98 Å². The monoisotopic (exact) mass is 312 g/mol. The molecular formula is C14H17ClN2O2S. The van der Waals surface area contributed by atoms with Crippen molar-refractivity contribution in [2.24, 2.45) is 0 Å². The smallest absolute Gasteiger partial charge is 0.244 e. The highest BCUT2D eigenvalue weighted by atomic mass is 35.5. The van der Waals surface area contributed by atoms with Gasteiger partial charge in [-0.05, 0) is 38.1 Å². The van der Waals surface area contributed by atoms with Gasteiger partial charge in [-0.2, -0.15) is 4.31 Å². The van der Waals surface area contributed by atoms with Crippen molar-refractivity contribution in [3.05, 3.63) is 36.5 Å². The number of fused-ring (bicyclic) bond motifs is 1. The first kappa shape index (κ1) is 15.2. The number of rotatable bonds is 5. The molecule has 6 heteroatoms. The summed E-state index contributed by atoms with van der Waals surface area (Å²) in [5, 5.41) is 0.634. The molecule has 0 aliphatic carbocycles. The summed E-state index contributed by atoms with van der Waals surface area (Å²) in [5.74, 6) is 0.264. The average Bonchev–Trinajstić information content (AvgIpc) is 2.43. The quantitative estimate of drug-likeness (QED) is 0.798. The number of hydrogen-bond acceptors (Lipinski definition) is 3. The molecule has 0 saturated carbocycles. The van der Waals surface area contributed by atoms with Crippen molar-refractivity contribution in [1.29, 1.82) is 0 Å². The summed E-state index contributed by atoms with van der Waals surface area (Å²) in [6.45, 7) is 3.97. The van der Waals surface area contributed by atoms with Crippen LogP contribution in [-0.4, -0.2) is 36.2 Å². The van der Waals surface area contributed by atoms with E-state index in [-0.39, 0.29) is 23.4 Å². The fourth-order valence-corrected chi connectivity index (χ4v) is 4.29. The van der Waals surface area contributed by atoms with E-state index in [0.717, 1.165) is 0 Å². The Bertz CT molecular complexity index is 696. The number of alkyl halides is 1. The summed E-state index contributed by atoms with van der Waals surface area (Å²) in [6.07, 6.45) is 1.65. The van der Waals surface area contributed by atoms with Gasteiger partial charge in [0.1, 0.15) is 0 Å². The van der Waals surface area contributed by atoms with Gasteiger partial charge in [-0.1, -0.05) is 6.07 Å². The number of nitrogens with zero attached hydrogens (tertiary/aromatic N) is 2. The van der Waals surface area contributed by atoms with Gasteiger partial charge in [0.25, 0.3) is 0 Å². The van der Waals surface area contributed by atoms with Gasteiger partial charge in [-0.15, -0.1) is 11.6 Å². The minimum absolute atomic E-state index is 0.148. The molecule has 0 fully saturated rings. The molecule has 0 radical (unpaired) electrons. The average molecular weight is 313 g/mol. The molecule has 2 rings (SSSR count). The highest BCUT2D eigenvalue weighted by molar-refractivity contribution is 7.89. The summed E-state index contributed by atoms with van der Waals surface area (Å²) < 4.78 is 27.1.